The Morgan fingerprint density at radius 3 is 2.28 bits per heavy atom. The van der Waals surface area contributed by atoms with Crippen molar-refractivity contribution in [2.75, 3.05) is 7.11 Å². The second-order valence-electron chi connectivity index (χ2n) is 8.68. The number of amides is 1. The van der Waals surface area contributed by atoms with E-state index in [1.165, 1.54) is 6.21 Å². The Balaban J connectivity index is 1.29. The molecule has 0 saturated carbocycles. The third-order valence-corrected chi connectivity index (χ3v) is 6.76. The summed E-state index contributed by atoms with van der Waals surface area (Å²) in [6, 6.07) is 25.0. The summed E-state index contributed by atoms with van der Waals surface area (Å²) in [5, 5.41) is 6.29. The fourth-order valence-electron chi connectivity index (χ4n) is 4.28. The first-order chi connectivity index (χ1) is 18.9. The average molecular weight is 560 g/mol. The molecule has 4 aromatic carbocycles. The molecule has 0 spiro atoms. The van der Waals surface area contributed by atoms with Gasteiger partial charge in [0.25, 0.3) is 5.91 Å². The number of para-hydroxylation sites is 2. The SMILES string of the molecule is COc1cc(/C=N\NC(=O)Cn2c3ccccc3c(=O)c3ccccc32)ccc1OCc1ccc(Cl)cc1Cl. The van der Waals surface area contributed by atoms with Crippen LogP contribution in [-0.2, 0) is 17.9 Å². The number of halogens is 2. The van der Waals surface area contributed by atoms with E-state index < -0.39 is 0 Å². The molecule has 0 atom stereocenters. The quantitative estimate of drug-likeness (QED) is 0.139. The van der Waals surface area contributed by atoms with Crippen molar-refractivity contribution in [2.45, 2.75) is 13.2 Å². The van der Waals surface area contributed by atoms with Gasteiger partial charge in [0.15, 0.2) is 16.9 Å². The highest BCUT2D eigenvalue weighted by molar-refractivity contribution is 6.35. The van der Waals surface area contributed by atoms with Gasteiger partial charge in [0, 0.05) is 26.4 Å². The van der Waals surface area contributed by atoms with Gasteiger partial charge in [-0.25, -0.2) is 5.43 Å². The average Bonchev–Trinajstić information content (AvgIpc) is 2.95. The monoisotopic (exact) mass is 559 g/mol. The summed E-state index contributed by atoms with van der Waals surface area (Å²) < 4.78 is 13.2. The van der Waals surface area contributed by atoms with Crippen LogP contribution in [-0.4, -0.2) is 23.8 Å². The van der Waals surface area contributed by atoms with Crippen molar-refractivity contribution in [1.82, 2.24) is 9.99 Å². The normalized spacial score (nSPS) is 11.3. The Morgan fingerprint density at radius 1 is 0.923 bits per heavy atom. The van der Waals surface area contributed by atoms with Crippen molar-refractivity contribution >= 4 is 57.1 Å². The molecule has 1 amide bonds. The summed E-state index contributed by atoms with van der Waals surface area (Å²) in [4.78, 5) is 25.7. The molecule has 0 aliphatic carbocycles. The Hall–Kier alpha value is -4.33. The summed E-state index contributed by atoms with van der Waals surface area (Å²) in [7, 11) is 1.54. The summed E-state index contributed by atoms with van der Waals surface area (Å²) >= 11 is 12.2. The van der Waals surface area contributed by atoms with Gasteiger partial charge in [0.05, 0.1) is 24.4 Å². The van der Waals surface area contributed by atoms with Gasteiger partial charge >= 0.3 is 0 Å². The second kappa shape index (κ2) is 11.6. The molecule has 0 aliphatic rings. The molecule has 196 valence electrons. The second-order valence-corrected chi connectivity index (χ2v) is 9.52. The zero-order valence-electron chi connectivity index (χ0n) is 20.9. The van der Waals surface area contributed by atoms with Crippen molar-refractivity contribution in [3.63, 3.8) is 0 Å². The van der Waals surface area contributed by atoms with E-state index in [0.29, 0.717) is 48.9 Å². The summed E-state index contributed by atoms with van der Waals surface area (Å²) in [6.45, 7) is 0.228. The van der Waals surface area contributed by atoms with Gasteiger partial charge in [-0.2, -0.15) is 5.10 Å². The van der Waals surface area contributed by atoms with Crippen LogP contribution in [0.15, 0.2) is 94.8 Å². The Kier molecular flexibility index (Phi) is 7.81. The molecule has 0 unspecified atom stereocenters. The van der Waals surface area contributed by atoms with E-state index in [1.807, 2.05) is 41.0 Å². The highest BCUT2D eigenvalue weighted by Crippen LogP contribution is 2.30. The van der Waals surface area contributed by atoms with Gasteiger partial charge in [0.2, 0.25) is 0 Å². The van der Waals surface area contributed by atoms with Crippen LogP contribution in [0, 0.1) is 0 Å². The van der Waals surface area contributed by atoms with E-state index in [4.69, 9.17) is 32.7 Å². The molecule has 1 heterocycles. The van der Waals surface area contributed by atoms with Crippen molar-refractivity contribution in [1.29, 1.82) is 0 Å². The number of aromatic nitrogens is 1. The number of rotatable bonds is 8. The number of hydrogen-bond acceptors (Lipinski definition) is 5. The number of fused-ring (bicyclic) bond motifs is 2. The standard InChI is InChI=1S/C30H23Cl2N3O4/c1-38-28-14-19(10-13-27(28)39-18-20-11-12-21(31)15-24(20)32)16-33-34-29(36)17-35-25-8-4-2-6-22(25)30(37)23-7-3-5-9-26(23)35/h2-16H,17-18H2,1H3,(H,34,36)/b33-16-. The number of hydrazone groups is 1. The minimum absolute atomic E-state index is 0.0119. The Morgan fingerprint density at radius 2 is 1.62 bits per heavy atom. The first-order valence-electron chi connectivity index (χ1n) is 12.0. The Bertz CT molecular complexity index is 1720. The summed E-state index contributed by atoms with van der Waals surface area (Å²) in [6.07, 6.45) is 1.52. The number of nitrogens with zero attached hydrogens (tertiary/aromatic N) is 2. The van der Waals surface area contributed by atoms with Gasteiger partial charge in [-0.05, 0) is 60.2 Å². The summed E-state index contributed by atoms with van der Waals surface area (Å²) in [5.41, 5.74) is 5.36. The molecule has 1 N–H and O–H groups in total. The van der Waals surface area contributed by atoms with E-state index in [9.17, 15) is 9.59 Å². The molecule has 5 rings (SSSR count). The third kappa shape index (κ3) is 5.74. The van der Waals surface area contributed by atoms with Crippen molar-refractivity contribution in [2.24, 2.45) is 5.10 Å². The van der Waals surface area contributed by atoms with E-state index in [0.717, 1.165) is 5.56 Å². The minimum Gasteiger partial charge on any atom is -0.493 e. The molecule has 0 radical (unpaired) electrons. The fraction of sp³-hybridized carbons (Fsp3) is 0.100. The number of ether oxygens (including phenoxy) is 2. The molecule has 0 saturated heterocycles. The van der Waals surface area contributed by atoms with Crippen LogP contribution in [0.3, 0.4) is 0 Å². The predicted octanol–water partition coefficient (Wildman–Crippen LogP) is 6.20. The van der Waals surface area contributed by atoms with Gasteiger partial charge in [-0.1, -0.05) is 53.5 Å². The van der Waals surface area contributed by atoms with Crippen molar-refractivity contribution in [3.05, 3.63) is 116 Å². The highest BCUT2D eigenvalue weighted by atomic mass is 35.5. The fourth-order valence-corrected chi connectivity index (χ4v) is 4.75. The molecule has 5 aromatic rings. The topological polar surface area (TPSA) is 81.9 Å². The molecule has 0 aliphatic heterocycles. The number of benzene rings is 4. The minimum atomic E-state index is -0.336. The maximum absolute atomic E-state index is 12.9. The lowest BCUT2D eigenvalue weighted by Gasteiger charge is -2.14. The third-order valence-electron chi connectivity index (χ3n) is 6.17. The van der Waals surface area contributed by atoms with Crippen LogP contribution in [0.25, 0.3) is 21.8 Å². The molecule has 0 fully saturated rings. The number of carbonyl (C=O) groups excluding carboxylic acids is 1. The maximum atomic E-state index is 12.9. The van der Waals surface area contributed by atoms with Crippen LogP contribution >= 0.6 is 23.2 Å². The Labute approximate surface area is 234 Å². The van der Waals surface area contributed by atoms with Crippen LogP contribution in [0.2, 0.25) is 10.0 Å². The zero-order chi connectivity index (χ0) is 27.4. The molecule has 9 heteroatoms. The maximum Gasteiger partial charge on any atom is 0.260 e. The molecular weight excluding hydrogens is 537 g/mol. The van der Waals surface area contributed by atoms with Crippen LogP contribution in [0.5, 0.6) is 11.5 Å². The number of nitrogens with one attached hydrogen (secondary N) is 1. The predicted molar refractivity (Wildman–Crippen MR) is 155 cm³/mol. The summed E-state index contributed by atoms with van der Waals surface area (Å²) in [5.74, 6) is 0.695. The van der Waals surface area contributed by atoms with Gasteiger partial charge in [0.1, 0.15) is 13.2 Å². The van der Waals surface area contributed by atoms with E-state index >= 15 is 0 Å². The lowest BCUT2D eigenvalue weighted by molar-refractivity contribution is -0.121. The van der Waals surface area contributed by atoms with Crippen molar-refractivity contribution < 1.29 is 14.3 Å². The molecule has 0 bridgehead atoms. The molecule has 39 heavy (non-hydrogen) atoms. The van der Waals surface area contributed by atoms with Gasteiger partial charge < -0.3 is 14.0 Å². The first-order valence-corrected chi connectivity index (χ1v) is 12.8. The largest absolute Gasteiger partial charge is 0.493 e. The first kappa shape index (κ1) is 26.3. The number of pyridine rings is 1. The zero-order valence-corrected chi connectivity index (χ0v) is 22.4. The van der Waals surface area contributed by atoms with E-state index in [2.05, 4.69) is 10.5 Å². The number of hydrogen-bond donors (Lipinski definition) is 1. The smallest absolute Gasteiger partial charge is 0.260 e. The van der Waals surface area contributed by atoms with E-state index in [-0.39, 0.29) is 24.5 Å². The lowest BCUT2D eigenvalue weighted by Crippen LogP contribution is -2.25. The highest BCUT2D eigenvalue weighted by Gasteiger charge is 2.13. The molecular formula is C30H23Cl2N3O4. The van der Waals surface area contributed by atoms with E-state index in [1.54, 1.807) is 55.6 Å². The lowest BCUT2D eigenvalue weighted by atomic mass is 10.1. The number of carbonyl (C=O) groups is 1. The number of methoxy groups -OCH3 is 1. The van der Waals surface area contributed by atoms with Gasteiger partial charge in [-0.15, -0.1) is 0 Å². The van der Waals surface area contributed by atoms with Crippen LogP contribution in [0.1, 0.15) is 11.1 Å². The molecule has 7 nitrogen and oxygen atoms in total. The van der Waals surface area contributed by atoms with Gasteiger partial charge in [-0.3, -0.25) is 9.59 Å². The van der Waals surface area contributed by atoms with Crippen LogP contribution < -0.4 is 20.3 Å². The molecule has 1 aromatic heterocycles. The van der Waals surface area contributed by atoms with Crippen LogP contribution in [0.4, 0.5) is 0 Å². The van der Waals surface area contributed by atoms with Crippen molar-refractivity contribution in [3.8, 4) is 11.5 Å².